The van der Waals surface area contributed by atoms with Gasteiger partial charge in [0.05, 0.1) is 21.3 Å². The van der Waals surface area contributed by atoms with E-state index in [4.69, 9.17) is 25.8 Å². The zero-order chi connectivity index (χ0) is 86.1. The van der Waals surface area contributed by atoms with Crippen LogP contribution in [0.5, 0.6) is 17.2 Å². The molecule has 0 N–H and O–H groups in total. The molecule has 3 nitrogen and oxygen atoms in total. The summed E-state index contributed by atoms with van der Waals surface area (Å²) in [7, 11) is 5.10. The van der Waals surface area contributed by atoms with E-state index in [9.17, 15) is 13.2 Å². The van der Waals surface area contributed by atoms with Gasteiger partial charge in [0.25, 0.3) is 0 Å². The van der Waals surface area contributed by atoms with Crippen molar-refractivity contribution >= 4 is 11.6 Å². The number of para-hydroxylation sites is 1. The monoisotopic (exact) mass is 1550 g/mol. The number of methoxy groups -OCH3 is 3. The summed E-state index contributed by atoms with van der Waals surface area (Å²) in [5, 5.41) is 0.804. The van der Waals surface area contributed by atoms with E-state index in [0.717, 1.165) is 33.4 Å². The third kappa shape index (κ3) is 41.5. The van der Waals surface area contributed by atoms with E-state index in [1.807, 2.05) is 106 Å². The van der Waals surface area contributed by atoms with Crippen LogP contribution in [-0.2, 0) is 54.1 Å². The molecular weight excluding hydrogens is 1400 g/mol. The number of aryl methyl sites for hydroxylation is 2. The molecule has 0 amide bonds. The average Bonchev–Trinajstić information content (AvgIpc) is 0.837. The lowest BCUT2D eigenvalue weighted by molar-refractivity contribution is 0.397. The van der Waals surface area contributed by atoms with E-state index in [-0.39, 0.29) is 66.2 Å². The first kappa shape index (κ1) is 102. The molecule has 0 radical (unpaired) electrons. The molecule has 612 valence electrons. The van der Waals surface area contributed by atoms with Crippen LogP contribution in [0.1, 0.15) is 274 Å². The number of hydrogen-bond acceptors (Lipinski definition) is 3. The third-order valence-electron chi connectivity index (χ3n) is 18.0. The Morgan fingerprint density at radius 3 is 0.857 bits per heavy atom. The van der Waals surface area contributed by atoms with Gasteiger partial charge < -0.3 is 14.2 Å². The highest BCUT2D eigenvalue weighted by atomic mass is 35.5. The Labute approximate surface area is 687 Å². The Kier molecular flexibility index (Phi) is 41.3. The van der Waals surface area contributed by atoms with Crippen LogP contribution in [0.2, 0.25) is 5.02 Å². The molecule has 10 aromatic rings. The van der Waals surface area contributed by atoms with E-state index in [1.165, 1.54) is 79.9 Å². The van der Waals surface area contributed by atoms with Gasteiger partial charge in [-0.15, -0.1) is 0 Å². The third-order valence-corrected chi connectivity index (χ3v) is 18.3. The molecule has 10 rings (SSSR count). The van der Waals surface area contributed by atoms with Gasteiger partial charge in [-0.3, -0.25) is 0 Å². The number of rotatable bonds is 3. The van der Waals surface area contributed by atoms with Crippen molar-refractivity contribution in [2.24, 2.45) is 0 Å². The molecule has 0 spiro atoms. The molecule has 0 fully saturated rings. The molecule has 0 saturated carbocycles. The number of hydrogen-bond donors (Lipinski definition) is 0. The van der Waals surface area contributed by atoms with Gasteiger partial charge >= 0.3 is 0 Å². The predicted octanol–water partition coefficient (Wildman–Crippen LogP) is 31.6. The molecule has 0 aromatic heterocycles. The second kappa shape index (κ2) is 45.5. The molecule has 112 heavy (non-hydrogen) atoms. The Bertz CT molecular complexity index is 4030. The standard InChI is InChI=1S/3C11H16O.2C11H16.C10H13Cl.3C10H13F.C10H14/c1-11(2,3)9-5-7-10(12-4)8-6-9;1-11(2,3)9-6-5-7-10(8-9)12-4;1-11(2,3)9-7-5-6-8-10(9)12-4;1-9-5-7-10(8-6-9)11(2,3)4;1-9-6-5-7-10(8-9)11(2,3)4;2*1-10(2,3)8-4-6-9(11)7-5-8;1-10(2,3)8-5-4-6-9(11)7-8;1-10(2,3)8-6-4-5-7-9(8)11;1-10(2,3)9-7-5-4-6-8-9/h3*5-8H,1-4H3;2*5-8H,1-4H3;4*4-7H,1-3H3;4-8H,1-3H3. The van der Waals surface area contributed by atoms with Crippen LogP contribution in [0.3, 0.4) is 0 Å². The first-order chi connectivity index (χ1) is 51.2. The van der Waals surface area contributed by atoms with Crippen molar-refractivity contribution in [2.75, 3.05) is 21.3 Å². The lowest BCUT2D eigenvalue weighted by Crippen LogP contribution is -2.12. The summed E-state index contributed by atoms with van der Waals surface area (Å²) in [5.41, 5.74) is 16.8. The van der Waals surface area contributed by atoms with E-state index in [0.29, 0.717) is 5.41 Å². The molecule has 0 heterocycles. The molecule has 0 aliphatic carbocycles. The maximum atomic E-state index is 13.1. The lowest BCUT2D eigenvalue weighted by Gasteiger charge is -2.21. The fourth-order valence-electron chi connectivity index (χ4n) is 10.5. The molecule has 0 aliphatic heterocycles. The van der Waals surface area contributed by atoms with Gasteiger partial charge in [0.1, 0.15) is 34.7 Å². The van der Waals surface area contributed by atoms with Gasteiger partial charge in [0, 0.05) is 5.02 Å². The quantitative estimate of drug-likeness (QED) is 0.176. The molecule has 0 atom stereocenters. The van der Waals surface area contributed by atoms with Crippen LogP contribution in [0.4, 0.5) is 13.2 Å². The van der Waals surface area contributed by atoms with Gasteiger partial charge in [-0.25, -0.2) is 13.2 Å². The highest BCUT2D eigenvalue weighted by Crippen LogP contribution is 2.33. The van der Waals surface area contributed by atoms with Crippen LogP contribution >= 0.6 is 11.6 Å². The summed E-state index contributed by atoms with van der Waals surface area (Å²) in [6, 6.07) is 80.9. The maximum absolute atomic E-state index is 13.1. The molecule has 7 heteroatoms. The number of halogens is 4. The normalized spacial score (nSPS) is 11.5. The molecule has 0 unspecified atom stereocenters. The van der Waals surface area contributed by atoms with E-state index in [1.54, 1.807) is 39.5 Å². The van der Waals surface area contributed by atoms with Crippen molar-refractivity contribution < 1.29 is 27.4 Å². The van der Waals surface area contributed by atoms with Crippen molar-refractivity contribution in [3.8, 4) is 17.2 Å². The largest absolute Gasteiger partial charge is 0.497 e. The minimum absolute atomic E-state index is 0.0437. The Hall–Kier alpha value is -8.32. The first-order valence-corrected chi connectivity index (χ1v) is 39.8. The van der Waals surface area contributed by atoms with Crippen molar-refractivity contribution in [1.29, 1.82) is 0 Å². The minimum Gasteiger partial charge on any atom is -0.497 e. The smallest absolute Gasteiger partial charge is 0.126 e. The van der Waals surface area contributed by atoms with E-state index >= 15 is 0 Å². The summed E-state index contributed by atoms with van der Waals surface area (Å²) in [5.74, 6) is 2.39. The summed E-state index contributed by atoms with van der Waals surface area (Å²) in [6.45, 7) is 69.2. The summed E-state index contributed by atoms with van der Waals surface area (Å²) in [4.78, 5) is 0. The van der Waals surface area contributed by atoms with Gasteiger partial charge in [-0.2, -0.15) is 0 Å². The van der Waals surface area contributed by atoms with E-state index in [2.05, 4.69) is 322 Å². The van der Waals surface area contributed by atoms with Crippen molar-refractivity contribution in [1.82, 2.24) is 0 Å². The summed E-state index contributed by atoms with van der Waals surface area (Å²) in [6.07, 6.45) is 0. The lowest BCUT2D eigenvalue weighted by atomic mass is 9.86. The van der Waals surface area contributed by atoms with Gasteiger partial charge in [0.15, 0.2) is 0 Å². The van der Waals surface area contributed by atoms with E-state index < -0.39 is 0 Å². The zero-order valence-electron chi connectivity index (χ0n) is 75.9. The molecule has 10 aromatic carbocycles. The SMILES string of the molecule is CC(C)(C)c1ccc(Cl)cc1.CC(C)(C)c1ccc(F)cc1.CC(C)(C)c1cccc(F)c1.CC(C)(C)c1ccccc1.CC(C)(C)c1ccccc1F.COc1ccc(C(C)(C)C)cc1.COc1cccc(C(C)(C)C)c1.COc1ccccc1C(C)(C)C.Cc1ccc(C(C)(C)C)cc1.Cc1cccc(C(C)(C)C)c1. The van der Waals surface area contributed by atoms with Crippen LogP contribution in [0.15, 0.2) is 249 Å². The Morgan fingerprint density at radius 1 is 0.223 bits per heavy atom. The summed E-state index contributed by atoms with van der Waals surface area (Å²) < 4.78 is 53.8. The molecular formula is C105H146ClF3O3. The molecule has 0 aliphatic rings. The maximum Gasteiger partial charge on any atom is 0.126 e. The second-order valence-electron chi connectivity index (χ2n) is 38.8. The predicted molar refractivity (Wildman–Crippen MR) is 485 cm³/mol. The van der Waals surface area contributed by atoms with Gasteiger partial charge in [-0.05, 0) is 196 Å². The molecule has 0 saturated heterocycles. The number of benzene rings is 10. The molecule has 0 bridgehead atoms. The second-order valence-corrected chi connectivity index (χ2v) is 39.2. The minimum atomic E-state index is -0.169. The fraction of sp³-hybridized carbons (Fsp3) is 0.429. The average molecular weight is 1550 g/mol. The van der Waals surface area contributed by atoms with Gasteiger partial charge in [0.2, 0.25) is 0 Å². The number of ether oxygens (including phenoxy) is 3. The highest BCUT2D eigenvalue weighted by Gasteiger charge is 2.21. The van der Waals surface area contributed by atoms with Crippen LogP contribution < -0.4 is 14.2 Å². The highest BCUT2D eigenvalue weighted by molar-refractivity contribution is 6.30. The first-order valence-electron chi connectivity index (χ1n) is 39.4. The van der Waals surface area contributed by atoms with Crippen molar-refractivity contribution in [3.05, 3.63) is 338 Å². The Balaban J connectivity index is 0.000000622. The van der Waals surface area contributed by atoms with Crippen LogP contribution in [0, 0.1) is 31.3 Å². The van der Waals surface area contributed by atoms with Crippen molar-refractivity contribution in [2.45, 2.75) is 276 Å². The fourth-order valence-corrected chi connectivity index (χ4v) is 10.6. The summed E-state index contributed by atoms with van der Waals surface area (Å²) >= 11 is 5.76. The zero-order valence-corrected chi connectivity index (χ0v) is 76.7. The van der Waals surface area contributed by atoms with Crippen molar-refractivity contribution in [3.63, 3.8) is 0 Å². The Morgan fingerprint density at radius 2 is 0.536 bits per heavy atom. The van der Waals surface area contributed by atoms with Crippen LogP contribution in [-0.4, -0.2) is 21.3 Å². The van der Waals surface area contributed by atoms with Gasteiger partial charge in [-0.1, -0.05) is 406 Å². The topological polar surface area (TPSA) is 27.7 Å². The van der Waals surface area contributed by atoms with Crippen LogP contribution in [0.25, 0.3) is 0 Å².